The first-order chi connectivity index (χ1) is 14.4. The molecule has 0 radical (unpaired) electrons. The van der Waals surface area contributed by atoms with E-state index in [0.717, 1.165) is 16.3 Å². The highest BCUT2D eigenvalue weighted by atomic mass is 32.2. The average Bonchev–Trinajstić information content (AvgIpc) is 3.17. The van der Waals surface area contributed by atoms with Gasteiger partial charge in [-0.15, -0.1) is 0 Å². The maximum atomic E-state index is 13.3. The van der Waals surface area contributed by atoms with Crippen LogP contribution in [0.2, 0.25) is 0 Å². The molecule has 0 amide bonds. The molecule has 154 valence electrons. The normalized spacial score (nSPS) is 12.8. The number of alkyl halides is 3. The Morgan fingerprint density at radius 1 is 1.07 bits per heavy atom. The van der Waals surface area contributed by atoms with Crippen molar-refractivity contribution >= 4 is 27.7 Å². The Bertz CT molecular complexity index is 1220. The van der Waals surface area contributed by atoms with Crippen LogP contribution in [0.5, 0.6) is 0 Å². The first-order valence-corrected chi connectivity index (χ1v) is 9.86. The standard InChI is InChI=1S/C19H15F3N6OS/c20-19(21,22)16-9-17(27-30(29)13-7-5-12(10-23)6-8-13)28(26-16)18-14-3-1-2-4-15(14)24-11-25-18/h1-9,11,27H,10,23H2. The van der Waals surface area contributed by atoms with Crippen LogP contribution >= 0.6 is 0 Å². The third-order valence-electron chi connectivity index (χ3n) is 4.29. The Morgan fingerprint density at radius 2 is 1.80 bits per heavy atom. The first kappa shape index (κ1) is 20.0. The predicted molar refractivity (Wildman–Crippen MR) is 106 cm³/mol. The van der Waals surface area contributed by atoms with Crippen molar-refractivity contribution in [1.29, 1.82) is 0 Å². The lowest BCUT2D eigenvalue weighted by Crippen LogP contribution is -2.12. The molecule has 11 heteroatoms. The molecule has 0 spiro atoms. The lowest BCUT2D eigenvalue weighted by Gasteiger charge is -2.10. The summed E-state index contributed by atoms with van der Waals surface area (Å²) >= 11 is 0. The van der Waals surface area contributed by atoms with Gasteiger partial charge in [-0.25, -0.2) is 14.2 Å². The van der Waals surface area contributed by atoms with E-state index in [-0.39, 0.29) is 11.6 Å². The van der Waals surface area contributed by atoms with Gasteiger partial charge in [0.15, 0.2) is 22.5 Å². The van der Waals surface area contributed by atoms with Crippen LogP contribution in [0.1, 0.15) is 11.3 Å². The van der Waals surface area contributed by atoms with Gasteiger partial charge in [-0.2, -0.15) is 23.0 Å². The van der Waals surface area contributed by atoms with Gasteiger partial charge in [0, 0.05) is 18.0 Å². The van der Waals surface area contributed by atoms with Gasteiger partial charge in [0.25, 0.3) is 0 Å². The molecule has 30 heavy (non-hydrogen) atoms. The predicted octanol–water partition coefficient (Wildman–Crippen LogP) is 3.43. The monoisotopic (exact) mass is 432 g/mol. The maximum Gasteiger partial charge on any atom is 0.435 e. The number of hydrogen-bond acceptors (Lipinski definition) is 5. The summed E-state index contributed by atoms with van der Waals surface area (Å²) in [5.74, 6) is 0.0153. The molecule has 2 aromatic heterocycles. The lowest BCUT2D eigenvalue weighted by molar-refractivity contribution is -0.141. The van der Waals surface area contributed by atoms with Crippen molar-refractivity contribution in [3.05, 3.63) is 72.2 Å². The smallest absolute Gasteiger partial charge is 0.326 e. The Balaban J connectivity index is 1.79. The van der Waals surface area contributed by atoms with Crippen LogP contribution in [0, 0.1) is 0 Å². The molecule has 1 unspecified atom stereocenters. The number of nitrogens with one attached hydrogen (secondary N) is 1. The molecular weight excluding hydrogens is 417 g/mol. The van der Waals surface area contributed by atoms with Gasteiger partial charge in [-0.05, 0) is 29.8 Å². The first-order valence-electron chi connectivity index (χ1n) is 8.71. The molecule has 4 rings (SSSR count). The second-order valence-electron chi connectivity index (χ2n) is 6.26. The van der Waals surface area contributed by atoms with Crippen molar-refractivity contribution in [2.45, 2.75) is 17.6 Å². The van der Waals surface area contributed by atoms with Crippen LogP contribution in [-0.2, 0) is 23.7 Å². The van der Waals surface area contributed by atoms with Crippen molar-refractivity contribution < 1.29 is 17.4 Å². The molecule has 2 heterocycles. The summed E-state index contributed by atoms with van der Waals surface area (Å²) < 4.78 is 56.3. The van der Waals surface area contributed by atoms with E-state index in [4.69, 9.17) is 5.73 Å². The highest BCUT2D eigenvalue weighted by Crippen LogP contribution is 2.32. The third-order valence-corrected chi connectivity index (χ3v) is 5.39. The van der Waals surface area contributed by atoms with Crippen molar-refractivity contribution in [3.8, 4) is 5.82 Å². The summed E-state index contributed by atoms with van der Waals surface area (Å²) in [7, 11) is -1.84. The molecule has 0 aliphatic rings. The molecule has 4 aromatic rings. The number of anilines is 1. The largest absolute Gasteiger partial charge is 0.435 e. The summed E-state index contributed by atoms with van der Waals surface area (Å²) in [6.07, 6.45) is -3.45. The molecule has 0 saturated heterocycles. The molecule has 3 N–H and O–H groups in total. The van der Waals surface area contributed by atoms with Gasteiger partial charge in [-0.1, -0.05) is 24.3 Å². The number of aromatic nitrogens is 4. The zero-order valence-corrected chi connectivity index (χ0v) is 16.1. The van der Waals surface area contributed by atoms with Crippen LogP contribution in [0.3, 0.4) is 0 Å². The summed E-state index contributed by atoms with van der Waals surface area (Å²) in [5.41, 5.74) is 5.79. The molecule has 1 atom stereocenters. The second-order valence-corrected chi connectivity index (χ2v) is 7.47. The Hall–Kier alpha value is -3.31. The van der Waals surface area contributed by atoms with Crippen molar-refractivity contribution in [3.63, 3.8) is 0 Å². The van der Waals surface area contributed by atoms with E-state index in [1.807, 2.05) is 0 Å². The zero-order chi connectivity index (χ0) is 21.3. The van der Waals surface area contributed by atoms with E-state index in [2.05, 4.69) is 19.8 Å². The van der Waals surface area contributed by atoms with Gasteiger partial charge in [0.1, 0.15) is 12.1 Å². The number of rotatable bonds is 5. The molecule has 0 aliphatic heterocycles. The number of benzene rings is 2. The molecule has 0 saturated carbocycles. The number of para-hydroxylation sites is 1. The van der Waals surface area contributed by atoms with E-state index >= 15 is 0 Å². The third kappa shape index (κ3) is 3.89. The quantitative estimate of drug-likeness (QED) is 0.504. The number of halogens is 3. The fourth-order valence-electron chi connectivity index (χ4n) is 2.82. The molecule has 2 aromatic carbocycles. The Labute approximate surface area is 171 Å². The summed E-state index contributed by atoms with van der Waals surface area (Å²) in [4.78, 5) is 8.59. The van der Waals surface area contributed by atoms with E-state index in [9.17, 15) is 17.4 Å². The highest BCUT2D eigenvalue weighted by Gasteiger charge is 2.35. The number of nitrogens with two attached hydrogens (primary N) is 1. The van der Waals surface area contributed by atoms with Gasteiger partial charge < -0.3 is 5.73 Å². The van der Waals surface area contributed by atoms with Crippen LogP contribution in [0.4, 0.5) is 19.0 Å². The molecule has 0 aliphatic carbocycles. The van der Waals surface area contributed by atoms with Crippen molar-refractivity contribution in [2.75, 3.05) is 4.72 Å². The fraction of sp³-hybridized carbons (Fsp3) is 0.105. The topological polar surface area (TPSA) is 98.7 Å². The minimum atomic E-state index is -4.69. The van der Waals surface area contributed by atoms with Crippen molar-refractivity contribution in [2.24, 2.45) is 5.73 Å². The Morgan fingerprint density at radius 3 is 2.50 bits per heavy atom. The molecule has 0 bridgehead atoms. The molecular formula is C19H15F3N6OS. The van der Waals surface area contributed by atoms with Gasteiger partial charge in [-0.3, -0.25) is 4.72 Å². The van der Waals surface area contributed by atoms with Crippen LogP contribution in [-0.4, -0.2) is 24.0 Å². The fourth-order valence-corrected chi connectivity index (χ4v) is 3.65. The average molecular weight is 432 g/mol. The lowest BCUT2D eigenvalue weighted by atomic mass is 10.2. The minimum absolute atomic E-state index is 0.118. The number of fused-ring (bicyclic) bond motifs is 1. The van der Waals surface area contributed by atoms with Crippen LogP contribution in [0.25, 0.3) is 16.7 Å². The number of hydrogen-bond donors (Lipinski definition) is 2. The zero-order valence-electron chi connectivity index (χ0n) is 15.3. The van der Waals surface area contributed by atoms with Crippen LogP contribution < -0.4 is 10.5 Å². The second kappa shape index (κ2) is 7.84. The van der Waals surface area contributed by atoms with E-state index in [1.165, 1.54) is 6.33 Å². The van der Waals surface area contributed by atoms with E-state index < -0.39 is 22.9 Å². The summed E-state index contributed by atoms with van der Waals surface area (Å²) in [6, 6.07) is 14.2. The van der Waals surface area contributed by atoms with Crippen LogP contribution in [0.15, 0.2) is 65.8 Å². The van der Waals surface area contributed by atoms with Gasteiger partial charge in [0.05, 0.1) is 10.4 Å². The summed E-state index contributed by atoms with van der Waals surface area (Å²) in [5, 5.41) is 4.16. The van der Waals surface area contributed by atoms with Gasteiger partial charge >= 0.3 is 6.18 Å². The molecule has 0 fully saturated rings. The highest BCUT2D eigenvalue weighted by molar-refractivity contribution is 7.86. The molecule has 7 nitrogen and oxygen atoms in total. The Kier molecular flexibility index (Phi) is 5.22. The summed E-state index contributed by atoms with van der Waals surface area (Å²) in [6.45, 7) is 0.322. The van der Waals surface area contributed by atoms with Gasteiger partial charge in [0.2, 0.25) is 0 Å². The minimum Gasteiger partial charge on any atom is -0.326 e. The van der Waals surface area contributed by atoms with Crippen molar-refractivity contribution in [1.82, 2.24) is 19.7 Å². The van der Waals surface area contributed by atoms with E-state index in [0.29, 0.717) is 22.3 Å². The number of nitrogens with zero attached hydrogens (tertiary/aromatic N) is 4. The van der Waals surface area contributed by atoms with E-state index in [1.54, 1.807) is 48.5 Å². The SMILES string of the molecule is NCc1ccc(S(=O)Nc2cc(C(F)(F)F)nn2-c2ncnc3ccccc23)cc1. The maximum absolute atomic E-state index is 13.3.